The lowest BCUT2D eigenvalue weighted by molar-refractivity contribution is 0.248. The Morgan fingerprint density at radius 1 is 1.03 bits per heavy atom. The van der Waals surface area contributed by atoms with Gasteiger partial charge in [0.2, 0.25) is 5.95 Å². The molecule has 0 aliphatic heterocycles. The number of halogens is 1. The molecule has 2 aromatic heterocycles. The molecule has 6 nitrogen and oxygen atoms in total. The molecule has 0 radical (unpaired) electrons. The maximum absolute atomic E-state index is 9.69. The molecule has 3 N–H and O–H groups in total. The number of nitrogens with zero attached hydrogens (tertiary/aromatic N) is 3. The molecule has 0 bridgehead atoms. The molecule has 0 unspecified atom stereocenters. The van der Waals surface area contributed by atoms with E-state index in [1.165, 1.54) is 0 Å². The third kappa shape index (κ3) is 5.22. The monoisotopic (exact) mass is 411 g/mol. The standard InChI is InChI=1S/C22H26ClN5O/c1-13(2)19(12-29)26-22-25-18(16-5-7-24-8-6-16)11-20(28-22)27-21-14(3)9-17(23)10-15(21)4/h5-11,13,19,29H,12H2,1-4H3,(H2,25,26,27,28)/t19-/m1/s1. The number of hydrogen-bond donors (Lipinski definition) is 3. The molecule has 1 atom stereocenters. The zero-order valence-corrected chi connectivity index (χ0v) is 17.8. The molecule has 0 saturated heterocycles. The average Bonchev–Trinajstić information content (AvgIpc) is 2.69. The Morgan fingerprint density at radius 3 is 2.28 bits per heavy atom. The maximum Gasteiger partial charge on any atom is 0.225 e. The van der Waals surface area contributed by atoms with E-state index >= 15 is 0 Å². The minimum Gasteiger partial charge on any atom is -0.394 e. The highest BCUT2D eigenvalue weighted by Crippen LogP contribution is 2.29. The number of rotatable bonds is 7. The van der Waals surface area contributed by atoms with Gasteiger partial charge in [0.15, 0.2) is 0 Å². The summed E-state index contributed by atoms with van der Waals surface area (Å²) in [5.74, 6) is 1.34. The third-order valence-electron chi connectivity index (χ3n) is 4.77. The second kappa shape index (κ2) is 9.20. The first-order valence-corrected chi connectivity index (χ1v) is 9.96. The van der Waals surface area contributed by atoms with E-state index in [1.807, 2.05) is 58.0 Å². The summed E-state index contributed by atoms with van der Waals surface area (Å²) in [6, 6.07) is 9.40. The second-order valence-electron chi connectivity index (χ2n) is 7.41. The van der Waals surface area contributed by atoms with Crippen LogP contribution in [-0.4, -0.2) is 32.7 Å². The van der Waals surface area contributed by atoms with Gasteiger partial charge in [-0.15, -0.1) is 0 Å². The van der Waals surface area contributed by atoms with Gasteiger partial charge in [-0.1, -0.05) is 25.4 Å². The molecular weight excluding hydrogens is 386 g/mol. The van der Waals surface area contributed by atoms with Crippen molar-refractivity contribution >= 4 is 29.1 Å². The normalized spacial score (nSPS) is 12.1. The summed E-state index contributed by atoms with van der Waals surface area (Å²) in [6.45, 7) is 8.09. The number of aromatic nitrogens is 3. The predicted octanol–water partition coefficient (Wildman–Crippen LogP) is 4.98. The predicted molar refractivity (Wildman–Crippen MR) is 119 cm³/mol. The smallest absolute Gasteiger partial charge is 0.225 e. The van der Waals surface area contributed by atoms with Crippen LogP contribution in [0.5, 0.6) is 0 Å². The van der Waals surface area contributed by atoms with Gasteiger partial charge < -0.3 is 15.7 Å². The quantitative estimate of drug-likeness (QED) is 0.508. The fourth-order valence-corrected chi connectivity index (χ4v) is 3.40. The van der Waals surface area contributed by atoms with Gasteiger partial charge in [-0.25, -0.2) is 4.98 Å². The van der Waals surface area contributed by atoms with Crippen molar-refractivity contribution in [2.45, 2.75) is 33.7 Å². The zero-order chi connectivity index (χ0) is 21.0. The van der Waals surface area contributed by atoms with E-state index in [9.17, 15) is 5.11 Å². The molecular formula is C22H26ClN5O. The lowest BCUT2D eigenvalue weighted by Gasteiger charge is -2.21. The zero-order valence-electron chi connectivity index (χ0n) is 17.1. The Balaban J connectivity index is 2.03. The van der Waals surface area contributed by atoms with Crippen LogP contribution in [0.2, 0.25) is 5.02 Å². The Kier molecular flexibility index (Phi) is 6.67. The van der Waals surface area contributed by atoms with Crippen LogP contribution in [0.15, 0.2) is 42.7 Å². The van der Waals surface area contributed by atoms with Gasteiger partial charge in [0.25, 0.3) is 0 Å². The van der Waals surface area contributed by atoms with Crippen molar-refractivity contribution in [1.29, 1.82) is 0 Å². The van der Waals surface area contributed by atoms with Crippen LogP contribution in [0.25, 0.3) is 11.3 Å². The lowest BCUT2D eigenvalue weighted by atomic mass is 10.1. The van der Waals surface area contributed by atoms with Crippen LogP contribution in [0, 0.1) is 19.8 Å². The van der Waals surface area contributed by atoms with Gasteiger partial charge in [0.05, 0.1) is 18.3 Å². The van der Waals surface area contributed by atoms with E-state index in [0.29, 0.717) is 16.8 Å². The molecule has 0 amide bonds. The summed E-state index contributed by atoms with van der Waals surface area (Å²) in [6.07, 6.45) is 3.46. The maximum atomic E-state index is 9.69. The van der Waals surface area contributed by atoms with Crippen LogP contribution in [-0.2, 0) is 0 Å². The molecule has 0 spiro atoms. The molecule has 0 aliphatic carbocycles. The molecule has 2 heterocycles. The Bertz CT molecular complexity index is 955. The van der Waals surface area contributed by atoms with E-state index in [1.54, 1.807) is 12.4 Å². The number of aliphatic hydroxyl groups excluding tert-OH is 1. The van der Waals surface area contributed by atoms with Crippen molar-refractivity contribution in [3.63, 3.8) is 0 Å². The van der Waals surface area contributed by atoms with E-state index in [-0.39, 0.29) is 18.6 Å². The van der Waals surface area contributed by atoms with Gasteiger partial charge >= 0.3 is 0 Å². The highest BCUT2D eigenvalue weighted by atomic mass is 35.5. The van der Waals surface area contributed by atoms with Crippen molar-refractivity contribution in [2.24, 2.45) is 5.92 Å². The average molecular weight is 412 g/mol. The number of benzene rings is 1. The van der Waals surface area contributed by atoms with Crippen LogP contribution in [0.1, 0.15) is 25.0 Å². The minimum atomic E-state index is -0.144. The van der Waals surface area contributed by atoms with E-state index < -0.39 is 0 Å². The fraction of sp³-hybridized carbons (Fsp3) is 0.318. The van der Waals surface area contributed by atoms with Crippen molar-refractivity contribution in [2.75, 3.05) is 17.2 Å². The summed E-state index contributed by atoms with van der Waals surface area (Å²) in [5, 5.41) is 17.1. The fourth-order valence-electron chi connectivity index (χ4n) is 3.07. The number of nitrogens with one attached hydrogen (secondary N) is 2. The van der Waals surface area contributed by atoms with Crippen molar-refractivity contribution in [3.05, 3.63) is 58.9 Å². The van der Waals surface area contributed by atoms with Crippen LogP contribution in [0.4, 0.5) is 17.5 Å². The van der Waals surface area contributed by atoms with Gasteiger partial charge in [-0.3, -0.25) is 4.98 Å². The summed E-state index contributed by atoms with van der Waals surface area (Å²) in [7, 11) is 0. The van der Waals surface area contributed by atoms with Crippen molar-refractivity contribution in [3.8, 4) is 11.3 Å². The number of hydrogen-bond acceptors (Lipinski definition) is 6. The molecule has 0 aliphatic rings. The van der Waals surface area contributed by atoms with Crippen LogP contribution >= 0.6 is 11.6 Å². The van der Waals surface area contributed by atoms with Crippen molar-refractivity contribution < 1.29 is 5.11 Å². The largest absolute Gasteiger partial charge is 0.394 e. The van der Waals surface area contributed by atoms with E-state index in [0.717, 1.165) is 28.1 Å². The molecule has 152 valence electrons. The first-order chi connectivity index (χ1) is 13.9. The van der Waals surface area contributed by atoms with Crippen LogP contribution in [0.3, 0.4) is 0 Å². The summed E-state index contributed by atoms with van der Waals surface area (Å²) in [5.41, 5.74) is 4.72. The Labute approximate surface area is 176 Å². The van der Waals surface area contributed by atoms with Gasteiger partial charge in [0, 0.05) is 34.7 Å². The molecule has 1 aromatic carbocycles. The first-order valence-electron chi connectivity index (χ1n) is 9.58. The first kappa shape index (κ1) is 21.0. The van der Waals surface area contributed by atoms with Gasteiger partial charge in [-0.05, 0) is 55.2 Å². The minimum absolute atomic E-state index is 0.00132. The van der Waals surface area contributed by atoms with E-state index in [4.69, 9.17) is 11.6 Å². The molecule has 0 fully saturated rings. The number of aryl methyl sites for hydroxylation is 2. The third-order valence-corrected chi connectivity index (χ3v) is 4.99. The molecule has 3 aromatic rings. The Morgan fingerprint density at radius 2 is 1.69 bits per heavy atom. The van der Waals surface area contributed by atoms with Crippen molar-refractivity contribution in [1.82, 2.24) is 15.0 Å². The molecule has 7 heteroatoms. The van der Waals surface area contributed by atoms with Gasteiger partial charge in [-0.2, -0.15) is 4.98 Å². The lowest BCUT2D eigenvalue weighted by Crippen LogP contribution is -2.30. The summed E-state index contributed by atoms with van der Waals surface area (Å²) >= 11 is 6.17. The highest BCUT2D eigenvalue weighted by Gasteiger charge is 2.16. The number of anilines is 3. The molecule has 29 heavy (non-hydrogen) atoms. The summed E-state index contributed by atoms with van der Waals surface area (Å²) in [4.78, 5) is 13.4. The molecule has 3 rings (SSSR count). The molecule has 0 saturated carbocycles. The second-order valence-corrected chi connectivity index (χ2v) is 7.85. The topological polar surface area (TPSA) is 83.0 Å². The number of aliphatic hydroxyl groups is 1. The SMILES string of the molecule is Cc1cc(Cl)cc(C)c1Nc1cc(-c2ccncc2)nc(N[C@H](CO)C(C)C)n1. The number of pyridine rings is 1. The van der Waals surface area contributed by atoms with E-state index in [2.05, 4.69) is 25.6 Å². The Hall–Kier alpha value is -2.70. The highest BCUT2D eigenvalue weighted by molar-refractivity contribution is 6.30. The summed E-state index contributed by atoms with van der Waals surface area (Å²) < 4.78 is 0. The van der Waals surface area contributed by atoms with Gasteiger partial charge in [0.1, 0.15) is 5.82 Å². The van der Waals surface area contributed by atoms with Crippen LogP contribution < -0.4 is 10.6 Å².